The number of halogens is 9. The molecule has 1 saturated carbocycles. The van der Waals surface area contributed by atoms with Crippen LogP contribution in [-0.2, 0) is 25.7 Å². The average Bonchev–Trinajstić information content (AvgIpc) is 3.33. The Hall–Kier alpha value is -4.20. The molecule has 0 spiro atoms. The predicted octanol–water partition coefficient (Wildman–Crippen LogP) is 4.19. The maximum atomic E-state index is 10.6. The predicted molar refractivity (Wildman–Crippen MR) is 127 cm³/mol. The summed E-state index contributed by atoms with van der Waals surface area (Å²) in [6.07, 6.45) is -7.51. The molecule has 2 aliphatic rings. The topological polar surface area (TPSA) is 159 Å². The number of rotatable bonds is 4. The molecule has 44 heavy (non-hydrogen) atoms. The number of hydrogen-bond acceptors (Lipinski definition) is 8. The Morgan fingerprint density at radius 3 is 1.82 bits per heavy atom. The first kappa shape index (κ1) is 37.8. The molecule has 1 aliphatic heterocycles. The van der Waals surface area contributed by atoms with E-state index in [0.29, 0.717) is 6.04 Å². The number of fused-ring (bicyclic) bond motifs is 1. The van der Waals surface area contributed by atoms with Crippen LogP contribution in [0, 0.1) is 0 Å². The van der Waals surface area contributed by atoms with Crippen LogP contribution < -0.4 is 4.74 Å². The minimum absolute atomic E-state index is 0.107. The van der Waals surface area contributed by atoms with Crippen molar-refractivity contribution in [1.29, 1.82) is 0 Å². The molecule has 4 rings (SSSR count). The summed E-state index contributed by atoms with van der Waals surface area (Å²) in [7, 11) is 0. The van der Waals surface area contributed by atoms with Crippen LogP contribution in [0.2, 0.25) is 0 Å². The Bertz CT molecular complexity index is 1130. The van der Waals surface area contributed by atoms with Gasteiger partial charge in [-0.25, -0.2) is 14.4 Å². The third-order valence-electron chi connectivity index (χ3n) is 5.39. The molecule has 0 bridgehead atoms. The lowest BCUT2D eigenvalue weighted by molar-refractivity contribution is -0.193. The van der Waals surface area contributed by atoms with E-state index in [1.54, 1.807) is 12.4 Å². The van der Waals surface area contributed by atoms with Crippen LogP contribution in [0.5, 0.6) is 5.75 Å². The molecule has 11 nitrogen and oxygen atoms in total. The molecule has 0 aromatic carbocycles. The van der Waals surface area contributed by atoms with Gasteiger partial charge in [-0.1, -0.05) is 6.07 Å². The number of carbonyl (C=O) groups is 3. The van der Waals surface area contributed by atoms with Crippen LogP contribution in [0.15, 0.2) is 48.9 Å². The summed E-state index contributed by atoms with van der Waals surface area (Å²) in [4.78, 5) is 37.7. The van der Waals surface area contributed by atoms with E-state index in [-0.39, 0.29) is 12.2 Å². The first-order valence-corrected chi connectivity index (χ1v) is 12.0. The Morgan fingerprint density at radius 2 is 1.39 bits per heavy atom. The molecule has 3 atom stereocenters. The molecule has 1 aliphatic carbocycles. The molecule has 3 heterocycles. The van der Waals surface area contributed by atoms with Crippen LogP contribution in [0.3, 0.4) is 0 Å². The lowest BCUT2D eigenvalue weighted by Crippen LogP contribution is -2.51. The van der Waals surface area contributed by atoms with E-state index in [9.17, 15) is 39.5 Å². The van der Waals surface area contributed by atoms with Crippen molar-refractivity contribution in [2.75, 3.05) is 13.2 Å². The molecule has 20 heteroatoms. The lowest BCUT2D eigenvalue weighted by Gasteiger charge is -2.38. The van der Waals surface area contributed by atoms with Crippen molar-refractivity contribution in [3.63, 3.8) is 0 Å². The van der Waals surface area contributed by atoms with Gasteiger partial charge in [0.1, 0.15) is 18.0 Å². The van der Waals surface area contributed by atoms with E-state index < -0.39 is 36.4 Å². The SMILES string of the molecule is O=C(O)C(F)(F)F.O=C(O)C(F)(F)F.O=C(O)C(F)(F)F.c1ccc(CN2CCO[C@H]3[C@H](Oc4cccnc4)CC[C@@H]32)nc1. The number of morpholine rings is 1. The first-order chi connectivity index (χ1) is 20.2. The maximum Gasteiger partial charge on any atom is 0.490 e. The third kappa shape index (κ3) is 13.8. The molecule has 0 unspecified atom stereocenters. The largest absolute Gasteiger partial charge is 0.490 e. The molecule has 0 radical (unpaired) electrons. The van der Waals surface area contributed by atoms with Crippen molar-refractivity contribution in [2.45, 2.75) is 56.2 Å². The second-order valence-electron chi connectivity index (χ2n) is 8.53. The highest BCUT2D eigenvalue weighted by molar-refractivity contribution is 5.73. The van der Waals surface area contributed by atoms with E-state index in [4.69, 9.17) is 39.2 Å². The quantitative estimate of drug-likeness (QED) is 0.407. The molecule has 2 aromatic rings. The molecule has 2 fully saturated rings. The Balaban J connectivity index is 0.000000379. The van der Waals surface area contributed by atoms with E-state index in [1.807, 2.05) is 30.5 Å². The van der Waals surface area contributed by atoms with E-state index in [1.165, 1.54) is 0 Å². The van der Waals surface area contributed by atoms with Crippen molar-refractivity contribution in [3.8, 4) is 5.75 Å². The Kier molecular flexibility index (Phi) is 14.3. The third-order valence-corrected chi connectivity index (χ3v) is 5.39. The standard InChI is InChI=1S/C18H21N3O2.3C2HF3O2/c1-2-9-20-14(4-1)13-21-10-11-22-18-16(21)6-7-17(18)23-15-5-3-8-19-12-15;3*3-2(4,5)1(6)7/h1-5,8-9,12,16-18H,6-7,10-11,13H2;3*(H,6,7)/t16-,17+,18+;;;/m0.../s1. The minimum atomic E-state index is -5.08. The molecular weight excluding hydrogens is 629 g/mol. The zero-order chi connectivity index (χ0) is 33.7. The number of alkyl halides is 9. The van der Waals surface area contributed by atoms with Gasteiger partial charge in [-0.15, -0.1) is 0 Å². The maximum absolute atomic E-state index is 10.6. The summed E-state index contributed by atoms with van der Waals surface area (Å²) in [6, 6.07) is 10.4. The van der Waals surface area contributed by atoms with E-state index in [0.717, 1.165) is 44.0 Å². The molecule has 0 amide bonds. The number of pyridine rings is 2. The van der Waals surface area contributed by atoms with Crippen molar-refractivity contribution < 1.29 is 78.7 Å². The highest BCUT2D eigenvalue weighted by Crippen LogP contribution is 2.33. The molecule has 246 valence electrons. The summed E-state index contributed by atoms with van der Waals surface area (Å²) in [5.74, 6) is -7.45. The van der Waals surface area contributed by atoms with Crippen LogP contribution in [0.25, 0.3) is 0 Å². The van der Waals surface area contributed by atoms with Gasteiger partial charge in [-0.05, 0) is 37.1 Å². The average molecular weight is 653 g/mol. The van der Waals surface area contributed by atoms with E-state index in [2.05, 4.69) is 20.9 Å². The number of aromatic nitrogens is 2. The zero-order valence-electron chi connectivity index (χ0n) is 22.0. The van der Waals surface area contributed by atoms with Gasteiger partial charge in [0.15, 0.2) is 0 Å². The van der Waals surface area contributed by atoms with Gasteiger partial charge in [0.25, 0.3) is 0 Å². The summed E-state index contributed by atoms with van der Waals surface area (Å²) in [5.41, 5.74) is 1.12. The normalized spacial score (nSPS) is 19.8. The zero-order valence-corrected chi connectivity index (χ0v) is 22.0. The first-order valence-electron chi connectivity index (χ1n) is 12.0. The van der Waals surface area contributed by atoms with Crippen LogP contribution >= 0.6 is 0 Å². The van der Waals surface area contributed by atoms with Gasteiger partial charge in [0, 0.05) is 31.5 Å². The van der Waals surface area contributed by atoms with Crippen molar-refractivity contribution in [1.82, 2.24) is 14.9 Å². The smallest absolute Gasteiger partial charge is 0.486 e. The van der Waals surface area contributed by atoms with Crippen molar-refractivity contribution >= 4 is 17.9 Å². The van der Waals surface area contributed by atoms with Gasteiger partial charge in [0.05, 0.1) is 18.5 Å². The van der Waals surface area contributed by atoms with Crippen LogP contribution in [0.1, 0.15) is 18.5 Å². The number of nitrogens with zero attached hydrogens (tertiary/aromatic N) is 3. The van der Waals surface area contributed by atoms with Gasteiger partial charge < -0.3 is 24.8 Å². The molecular formula is C24H24F9N3O8. The van der Waals surface area contributed by atoms with Crippen LogP contribution in [0.4, 0.5) is 39.5 Å². The van der Waals surface area contributed by atoms with Gasteiger partial charge in [-0.3, -0.25) is 14.9 Å². The van der Waals surface area contributed by atoms with Gasteiger partial charge in [0.2, 0.25) is 0 Å². The fourth-order valence-electron chi connectivity index (χ4n) is 3.61. The highest BCUT2D eigenvalue weighted by atomic mass is 19.4. The summed E-state index contributed by atoms with van der Waals surface area (Å²) in [6.45, 7) is 2.59. The summed E-state index contributed by atoms with van der Waals surface area (Å²) >= 11 is 0. The molecule has 3 N–H and O–H groups in total. The fraction of sp³-hybridized carbons (Fsp3) is 0.458. The Morgan fingerprint density at radius 1 is 0.841 bits per heavy atom. The van der Waals surface area contributed by atoms with Crippen molar-refractivity contribution in [2.24, 2.45) is 0 Å². The number of carboxylic acids is 3. The minimum Gasteiger partial charge on any atom is -0.486 e. The Labute approximate surface area is 241 Å². The second-order valence-corrected chi connectivity index (χ2v) is 8.53. The monoisotopic (exact) mass is 653 g/mol. The lowest BCUT2D eigenvalue weighted by atomic mass is 10.1. The second kappa shape index (κ2) is 16.6. The number of ether oxygens (including phenoxy) is 2. The molecule has 2 aromatic heterocycles. The fourth-order valence-corrected chi connectivity index (χ4v) is 3.61. The van der Waals surface area contributed by atoms with Gasteiger partial charge >= 0.3 is 36.4 Å². The number of hydrogen-bond donors (Lipinski definition) is 3. The van der Waals surface area contributed by atoms with Crippen molar-refractivity contribution in [3.05, 3.63) is 54.6 Å². The summed E-state index contributed by atoms with van der Waals surface area (Å²) in [5, 5.41) is 21.4. The number of carboxylic acid groups (broad SMARTS) is 3. The van der Waals surface area contributed by atoms with Gasteiger partial charge in [-0.2, -0.15) is 39.5 Å². The highest BCUT2D eigenvalue weighted by Gasteiger charge is 2.44. The number of aliphatic carboxylic acids is 3. The van der Waals surface area contributed by atoms with E-state index >= 15 is 0 Å². The molecule has 1 saturated heterocycles. The van der Waals surface area contributed by atoms with Crippen LogP contribution in [-0.4, -0.2) is 98.0 Å². The summed E-state index contributed by atoms with van der Waals surface area (Å²) < 4.78 is 107.